The Hall–Kier alpha value is -3.00. The number of aromatic nitrogens is 3. The van der Waals surface area contributed by atoms with Gasteiger partial charge in [0.2, 0.25) is 0 Å². The molecule has 8 heteroatoms. The van der Waals surface area contributed by atoms with Crippen molar-refractivity contribution < 1.29 is 14.9 Å². The van der Waals surface area contributed by atoms with Crippen molar-refractivity contribution in [2.45, 2.75) is 39.7 Å². The number of anilines is 1. The molecule has 0 atom stereocenters. The number of aryl methyl sites for hydroxylation is 1. The third-order valence-corrected chi connectivity index (χ3v) is 5.96. The number of aromatic hydroxyl groups is 2. The number of hydrogen-bond donors (Lipinski definition) is 3. The first-order valence-corrected chi connectivity index (χ1v) is 10.5. The van der Waals surface area contributed by atoms with Gasteiger partial charge in [-0.05, 0) is 62.7 Å². The van der Waals surface area contributed by atoms with Gasteiger partial charge in [0.25, 0.3) is 0 Å². The third-order valence-electron chi connectivity index (χ3n) is 5.69. The van der Waals surface area contributed by atoms with Gasteiger partial charge in [0.05, 0.1) is 24.0 Å². The van der Waals surface area contributed by atoms with Crippen LogP contribution in [0.4, 0.5) is 5.69 Å². The Balaban J connectivity index is 1.96. The second-order valence-corrected chi connectivity index (χ2v) is 8.08. The van der Waals surface area contributed by atoms with Crippen LogP contribution in [0.15, 0.2) is 24.3 Å². The molecule has 7 nitrogen and oxygen atoms in total. The zero-order valence-electron chi connectivity index (χ0n) is 17.6. The first-order valence-electron chi connectivity index (χ1n) is 10.1. The normalized spacial score (nSPS) is 13.2. The van der Waals surface area contributed by atoms with Gasteiger partial charge in [-0.15, -0.1) is 0 Å². The summed E-state index contributed by atoms with van der Waals surface area (Å²) in [6.45, 7) is 7.17. The minimum Gasteiger partial charge on any atom is -0.508 e. The maximum absolute atomic E-state index is 10.5. The van der Waals surface area contributed by atoms with E-state index in [9.17, 15) is 10.2 Å². The summed E-state index contributed by atoms with van der Waals surface area (Å²) >= 11 is 5.57. The van der Waals surface area contributed by atoms with E-state index in [1.165, 1.54) is 6.07 Å². The van der Waals surface area contributed by atoms with E-state index < -0.39 is 0 Å². The summed E-state index contributed by atoms with van der Waals surface area (Å²) in [5, 5.41) is 27.9. The van der Waals surface area contributed by atoms with Crippen LogP contribution in [-0.4, -0.2) is 44.7 Å². The topological polar surface area (TPSA) is 86.5 Å². The number of ether oxygens (including phenoxy) is 1. The fraction of sp³-hybridized carbons (Fsp3) is 0.364. The molecule has 3 N–H and O–H groups in total. The highest BCUT2D eigenvalue weighted by atomic mass is 32.1. The molecule has 3 aromatic rings. The van der Waals surface area contributed by atoms with Crippen molar-refractivity contribution in [3.05, 3.63) is 40.2 Å². The number of benzene rings is 2. The SMILES string of the molecule is CCc1cc(-c2n[nH]c(=S)n2-c2ccc(OC)c3c2CCN3C(C)C)c(O)cc1O. The van der Waals surface area contributed by atoms with Crippen molar-refractivity contribution in [1.29, 1.82) is 0 Å². The standard InChI is InChI=1S/C22H26N4O3S/c1-5-13-10-15(18(28)11-17(13)27)21-23-24-22(30)26(21)16-6-7-19(29-4)20-14(16)8-9-25(20)12(2)3/h6-7,10-12,27-28H,5,8-9H2,1-4H3,(H,24,30). The van der Waals surface area contributed by atoms with E-state index in [1.807, 2.05) is 23.6 Å². The van der Waals surface area contributed by atoms with Gasteiger partial charge in [-0.25, -0.2) is 0 Å². The van der Waals surface area contributed by atoms with Crippen LogP contribution in [0, 0.1) is 4.77 Å². The predicted molar refractivity (Wildman–Crippen MR) is 120 cm³/mol. The molecule has 1 aromatic heterocycles. The molecule has 4 rings (SSSR count). The molecule has 0 fully saturated rings. The molecule has 1 aliphatic rings. The summed E-state index contributed by atoms with van der Waals surface area (Å²) in [5.41, 5.74) is 4.36. The lowest BCUT2D eigenvalue weighted by Crippen LogP contribution is -2.28. The number of phenolic OH excluding ortho intramolecular Hbond substituents is 2. The van der Waals surface area contributed by atoms with Crippen molar-refractivity contribution in [3.63, 3.8) is 0 Å². The van der Waals surface area contributed by atoms with E-state index in [2.05, 4.69) is 28.9 Å². The van der Waals surface area contributed by atoms with Gasteiger partial charge in [0.1, 0.15) is 17.2 Å². The van der Waals surface area contributed by atoms with E-state index in [4.69, 9.17) is 17.0 Å². The number of rotatable bonds is 5. The highest BCUT2D eigenvalue weighted by Crippen LogP contribution is 2.43. The number of fused-ring (bicyclic) bond motifs is 1. The van der Waals surface area contributed by atoms with Crippen molar-refractivity contribution in [1.82, 2.24) is 14.8 Å². The molecule has 0 bridgehead atoms. The Kier molecular flexibility index (Phi) is 5.19. The van der Waals surface area contributed by atoms with Crippen molar-refractivity contribution >= 4 is 17.9 Å². The average molecular weight is 427 g/mol. The van der Waals surface area contributed by atoms with Crippen molar-refractivity contribution in [2.24, 2.45) is 0 Å². The van der Waals surface area contributed by atoms with Gasteiger partial charge in [-0.2, -0.15) is 5.10 Å². The monoisotopic (exact) mass is 426 g/mol. The summed E-state index contributed by atoms with van der Waals surface area (Å²) in [7, 11) is 1.68. The lowest BCUT2D eigenvalue weighted by atomic mass is 10.0. The van der Waals surface area contributed by atoms with E-state index in [0.29, 0.717) is 28.6 Å². The molecular formula is C22H26N4O3S. The van der Waals surface area contributed by atoms with Crippen LogP contribution in [0.25, 0.3) is 17.1 Å². The number of H-pyrrole nitrogens is 1. The molecule has 2 aromatic carbocycles. The Morgan fingerprint density at radius 1 is 1.23 bits per heavy atom. The highest BCUT2D eigenvalue weighted by molar-refractivity contribution is 7.71. The zero-order valence-corrected chi connectivity index (χ0v) is 18.4. The fourth-order valence-electron chi connectivity index (χ4n) is 4.19. The van der Waals surface area contributed by atoms with Crippen LogP contribution in [-0.2, 0) is 12.8 Å². The molecule has 0 spiro atoms. The summed E-state index contributed by atoms with van der Waals surface area (Å²) in [5.74, 6) is 1.35. The Morgan fingerprint density at radius 2 is 2.00 bits per heavy atom. The van der Waals surface area contributed by atoms with Gasteiger partial charge >= 0.3 is 0 Å². The second kappa shape index (κ2) is 7.68. The van der Waals surface area contributed by atoms with Crippen LogP contribution >= 0.6 is 12.2 Å². The summed E-state index contributed by atoms with van der Waals surface area (Å²) < 4.78 is 7.94. The minimum atomic E-state index is -0.0473. The molecule has 0 amide bonds. The van der Waals surface area contributed by atoms with E-state index >= 15 is 0 Å². The molecular weight excluding hydrogens is 400 g/mol. The minimum absolute atomic E-state index is 0.0473. The molecule has 0 radical (unpaired) electrons. The van der Waals surface area contributed by atoms with Crippen LogP contribution < -0.4 is 9.64 Å². The Bertz CT molecular complexity index is 1170. The number of nitrogens with zero attached hydrogens (tertiary/aromatic N) is 3. The highest BCUT2D eigenvalue weighted by Gasteiger charge is 2.29. The smallest absolute Gasteiger partial charge is 0.200 e. The van der Waals surface area contributed by atoms with Gasteiger partial charge < -0.3 is 19.8 Å². The van der Waals surface area contributed by atoms with Crippen molar-refractivity contribution in [2.75, 3.05) is 18.6 Å². The largest absolute Gasteiger partial charge is 0.508 e. The van der Waals surface area contributed by atoms with Crippen LogP contribution in [0.1, 0.15) is 31.9 Å². The number of aromatic amines is 1. The zero-order chi connectivity index (χ0) is 21.6. The van der Waals surface area contributed by atoms with Crippen LogP contribution in [0.3, 0.4) is 0 Å². The van der Waals surface area contributed by atoms with Gasteiger partial charge in [0, 0.05) is 24.2 Å². The molecule has 0 unspecified atom stereocenters. The van der Waals surface area contributed by atoms with Crippen LogP contribution in [0.2, 0.25) is 0 Å². The molecule has 1 aliphatic heterocycles. The molecule has 2 heterocycles. The quantitative estimate of drug-likeness (QED) is 0.526. The molecule has 0 saturated heterocycles. The van der Waals surface area contributed by atoms with Crippen molar-refractivity contribution in [3.8, 4) is 34.3 Å². The number of hydrogen-bond acceptors (Lipinski definition) is 6. The molecule has 0 saturated carbocycles. The van der Waals surface area contributed by atoms with Crippen LogP contribution in [0.5, 0.6) is 17.2 Å². The Morgan fingerprint density at radius 3 is 2.67 bits per heavy atom. The predicted octanol–water partition coefficient (Wildman–Crippen LogP) is 4.35. The second-order valence-electron chi connectivity index (χ2n) is 7.69. The van der Waals surface area contributed by atoms with Gasteiger partial charge in [0.15, 0.2) is 10.6 Å². The number of nitrogens with one attached hydrogen (secondary N) is 1. The average Bonchev–Trinajstić information content (AvgIpc) is 3.32. The van der Waals surface area contributed by atoms with E-state index in [1.54, 1.807) is 13.2 Å². The summed E-state index contributed by atoms with van der Waals surface area (Å²) in [6, 6.07) is 7.38. The van der Waals surface area contributed by atoms with Gasteiger partial charge in [-0.3, -0.25) is 9.67 Å². The lowest BCUT2D eigenvalue weighted by molar-refractivity contribution is 0.414. The fourth-order valence-corrected chi connectivity index (χ4v) is 4.42. The Labute approximate surface area is 180 Å². The molecule has 0 aliphatic carbocycles. The van der Waals surface area contributed by atoms with E-state index in [-0.39, 0.29) is 11.5 Å². The van der Waals surface area contributed by atoms with E-state index in [0.717, 1.165) is 41.2 Å². The number of methoxy groups -OCH3 is 1. The number of phenols is 2. The maximum atomic E-state index is 10.5. The maximum Gasteiger partial charge on any atom is 0.200 e. The third kappa shape index (κ3) is 3.11. The first kappa shape index (κ1) is 20.3. The first-order chi connectivity index (χ1) is 14.4. The summed E-state index contributed by atoms with van der Waals surface area (Å²) in [4.78, 5) is 2.33. The molecule has 158 valence electrons. The summed E-state index contributed by atoms with van der Waals surface area (Å²) in [6.07, 6.45) is 1.49. The lowest BCUT2D eigenvalue weighted by Gasteiger charge is -2.26. The van der Waals surface area contributed by atoms with Gasteiger partial charge in [-0.1, -0.05) is 6.92 Å². The molecule has 30 heavy (non-hydrogen) atoms.